The van der Waals surface area contributed by atoms with E-state index in [1.807, 2.05) is 0 Å². The quantitative estimate of drug-likeness (QED) is 0.554. The number of nitrogens with two attached hydrogens (primary N) is 1. The lowest BCUT2D eigenvalue weighted by molar-refractivity contribution is -0.272. The third kappa shape index (κ3) is 5.50. The zero-order chi connectivity index (χ0) is 28.2. The SMILES string of the molecule is CC1c2nc(CN)n(C)c2CN1[C@@H]1C[C@H](NC(=O)OC(C)(C)C)[C@@H](c2cc(F)ccc2F)O[C@@H]1C(F)(F)F. The Morgan fingerprint density at radius 1 is 1.26 bits per heavy atom. The topological polar surface area (TPSA) is 94.6 Å². The first kappa shape index (κ1) is 28.2. The van der Waals surface area contributed by atoms with Gasteiger partial charge in [0.1, 0.15) is 29.2 Å². The summed E-state index contributed by atoms with van der Waals surface area (Å²) in [7, 11) is 1.75. The van der Waals surface area contributed by atoms with Gasteiger partial charge in [-0.15, -0.1) is 0 Å². The molecule has 1 saturated heterocycles. The first-order chi connectivity index (χ1) is 17.6. The number of ether oxygens (including phenoxy) is 2. The van der Waals surface area contributed by atoms with Gasteiger partial charge in [0, 0.05) is 25.2 Å². The van der Waals surface area contributed by atoms with Crippen LogP contribution in [0, 0.1) is 11.6 Å². The number of carbonyl (C=O) groups is 1. The Kier molecular flexibility index (Phi) is 7.49. The van der Waals surface area contributed by atoms with Gasteiger partial charge in [0.15, 0.2) is 6.10 Å². The Bertz CT molecular complexity index is 1200. The van der Waals surface area contributed by atoms with Crippen LogP contribution in [0.15, 0.2) is 18.2 Å². The lowest BCUT2D eigenvalue weighted by Gasteiger charge is -2.46. The molecule has 0 bridgehead atoms. The summed E-state index contributed by atoms with van der Waals surface area (Å²) in [5.41, 5.74) is 5.76. The standard InChI is InChI=1S/C25H32F5N5O3/c1-12-20-18(34(5)19(10-31)33-20)11-35(12)17-9-16(32-23(36)38-24(2,3)4)21(37-22(17)25(28,29)30)14-8-13(26)6-7-15(14)27/h6-8,12,16-17,21-22H,9-11,31H2,1-5H3,(H,32,36)/t12?,16-,17+,21+,22-/m0/s1. The van der Waals surface area contributed by atoms with Crippen LogP contribution in [0.3, 0.4) is 0 Å². The Balaban J connectivity index is 1.72. The number of nitrogens with one attached hydrogen (secondary N) is 1. The molecule has 2 aliphatic rings. The highest BCUT2D eigenvalue weighted by molar-refractivity contribution is 5.68. The van der Waals surface area contributed by atoms with Crippen LogP contribution < -0.4 is 11.1 Å². The zero-order valence-electron chi connectivity index (χ0n) is 21.8. The number of amides is 1. The third-order valence-electron chi connectivity index (χ3n) is 6.96. The number of halogens is 5. The van der Waals surface area contributed by atoms with Crippen LogP contribution in [-0.4, -0.2) is 50.5 Å². The molecule has 8 nitrogen and oxygen atoms in total. The number of hydrogen-bond donors (Lipinski definition) is 2. The van der Waals surface area contributed by atoms with E-state index in [0.717, 1.165) is 23.9 Å². The van der Waals surface area contributed by atoms with Gasteiger partial charge in [-0.2, -0.15) is 13.2 Å². The molecule has 3 N–H and O–H groups in total. The van der Waals surface area contributed by atoms with E-state index in [9.17, 15) is 26.7 Å². The number of aromatic nitrogens is 2. The number of rotatable bonds is 4. The van der Waals surface area contributed by atoms with Crippen molar-refractivity contribution in [2.45, 2.75) is 89.3 Å². The van der Waals surface area contributed by atoms with Crippen molar-refractivity contribution in [2.24, 2.45) is 12.8 Å². The van der Waals surface area contributed by atoms with E-state index >= 15 is 0 Å². The van der Waals surface area contributed by atoms with Gasteiger partial charge in [-0.3, -0.25) is 4.90 Å². The molecule has 0 aliphatic carbocycles. The van der Waals surface area contributed by atoms with E-state index in [1.165, 1.54) is 0 Å². The molecule has 4 rings (SSSR count). The highest BCUT2D eigenvalue weighted by atomic mass is 19.4. The second-order valence-corrected chi connectivity index (χ2v) is 10.7. The third-order valence-corrected chi connectivity index (χ3v) is 6.96. The molecule has 1 fully saturated rings. The van der Waals surface area contributed by atoms with Crippen LogP contribution in [0.4, 0.5) is 26.7 Å². The van der Waals surface area contributed by atoms with E-state index in [1.54, 1.807) is 44.2 Å². The molecule has 0 spiro atoms. The molecular weight excluding hydrogens is 513 g/mol. The molecular formula is C25H32F5N5O3. The fourth-order valence-electron chi connectivity index (χ4n) is 5.25. The molecule has 1 amide bonds. The number of benzene rings is 1. The first-order valence-electron chi connectivity index (χ1n) is 12.3. The molecule has 0 saturated carbocycles. The van der Waals surface area contributed by atoms with Gasteiger partial charge in [-0.1, -0.05) is 0 Å². The number of alkyl carbamates (subject to hydrolysis) is 1. The number of alkyl halides is 3. The van der Waals surface area contributed by atoms with E-state index in [0.29, 0.717) is 11.5 Å². The van der Waals surface area contributed by atoms with Crippen LogP contribution in [0.2, 0.25) is 0 Å². The van der Waals surface area contributed by atoms with Crippen LogP contribution in [0.25, 0.3) is 0 Å². The van der Waals surface area contributed by atoms with E-state index in [2.05, 4.69) is 10.3 Å². The van der Waals surface area contributed by atoms with Crippen LogP contribution in [-0.2, 0) is 29.6 Å². The molecule has 3 heterocycles. The molecule has 38 heavy (non-hydrogen) atoms. The van der Waals surface area contributed by atoms with E-state index < -0.39 is 65.4 Å². The zero-order valence-corrected chi connectivity index (χ0v) is 21.8. The van der Waals surface area contributed by atoms with Crippen molar-refractivity contribution in [3.63, 3.8) is 0 Å². The second-order valence-electron chi connectivity index (χ2n) is 10.7. The van der Waals surface area contributed by atoms with E-state index in [4.69, 9.17) is 15.2 Å². The number of imidazole rings is 1. The summed E-state index contributed by atoms with van der Waals surface area (Å²) in [6, 6.07) is -0.494. The van der Waals surface area contributed by atoms with Gasteiger partial charge in [0.05, 0.1) is 30.0 Å². The fraction of sp³-hybridized carbons (Fsp3) is 0.600. The van der Waals surface area contributed by atoms with Crippen molar-refractivity contribution in [1.82, 2.24) is 19.8 Å². The molecule has 1 aromatic carbocycles. The van der Waals surface area contributed by atoms with Gasteiger partial charge in [0.2, 0.25) is 0 Å². The monoisotopic (exact) mass is 545 g/mol. The van der Waals surface area contributed by atoms with Gasteiger partial charge >= 0.3 is 12.3 Å². The summed E-state index contributed by atoms with van der Waals surface area (Å²) in [6.45, 7) is 6.93. The highest BCUT2D eigenvalue weighted by Gasteiger charge is 2.56. The Morgan fingerprint density at radius 3 is 2.53 bits per heavy atom. The maximum absolute atomic E-state index is 14.8. The fourth-order valence-corrected chi connectivity index (χ4v) is 5.25. The summed E-state index contributed by atoms with van der Waals surface area (Å²) < 4.78 is 84.7. The van der Waals surface area contributed by atoms with Crippen molar-refractivity contribution >= 4 is 6.09 Å². The minimum atomic E-state index is -4.84. The summed E-state index contributed by atoms with van der Waals surface area (Å²) in [4.78, 5) is 18.8. The molecule has 13 heteroatoms. The first-order valence-corrected chi connectivity index (χ1v) is 12.3. The maximum atomic E-state index is 14.8. The predicted molar refractivity (Wildman–Crippen MR) is 127 cm³/mol. The molecule has 0 radical (unpaired) electrons. The summed E-state index contributed by atoms with van der Waals surface area (Å²) >= 11 is 0. The highest BCUT2D eigenvalue weighted by Crippen LogP contribution is 2.45. The maximum Gasteiger partial charge on any atom is 0.416 e. The van der Waals surface area contributed by atoms with Gasteiger partial charge in [-0.25, -0.2) is 18.6 Å². The smallest absolute Gasteiger partial charge is 0.416 e. The minimum absolute atomic E-state index is 0.138. The average molecular weight is 546 g/mol. The van der Waals surface area contributed by atoms with Crippen molar-refractivity contribution < 1.29 is 36.2 Å². The normalized spacial score (nSPS) is 26.3. The van der Waals surface area contributed by atoms with Crippen LogP contribution in [0.1, 0.15) is 69.0 Å². The summed E-state index contributed by atoms with van der Waals surface area (Å²) in [5, 5.41) is 2.55. The van der Waals surface area contributed by atoms with Gasteiger partial charge in [-0.05, 0) is 52.3 Å². The number of nitrogens with zero attached hydrogens (tertiary/aromatic N) is 3. The lowest BCUT2D eigenvalue weighted by atomic mass is 9.88. The molecule has 2 aromatic rings. The second kappa shape index (κ2) is 10.1. The molecule has 2 aliphatic heterocycles. The van der Waals surface area contributed by atoms with Gasteiger partial charge < -0.3 is 25.1 Å². The number of carbonyl (C=O) groups excluding carboxylic acids is 1. The average Bonchev–Trinajstić information content (AvgIpc) is 3.29. The van der Waals surface area contributed by atoms with Gasteiger partial charge in [0.25, 0.3) is 0 Å². The van der Waals surface area contributed by atoms with Crippen LogP contribution in [0.5, 0.6) is 0 Å². The van der Waals surface area contributed by atoms with Crippen molar-refractivity contribution in [1.29, 1.82) is 0 Å². The van der Waals surface area contributed by atoms with Crippen molar-refractivity contribution in [3.05, 3.63) is 52.6 Å². The molecule has 210 valence electrons. The van der Waals surface area contributed by atoms with E-state index in [-0.39, 0.29) is 19.5 Å². The minimum Gasteiger partial charge on any atom is -0.444 e. The van der Waals surface area contributed by atoms with Crippen molar-refractivity contribution in [2.75, 3.05) is 0 Å². The Labute approximate surface area is 217 Å². The Hall–Kier alpha value is -2.77. The predicted octanol–water partition coefficient (Wildman–Crippen LogP) is 4.39. The molecule has 1 aromatic heterocycles. The van der Waals surface area contributed by atoms with Crippen molar-refractivity contribution in [3.8, 4) is 0 Å². The molecule has 1 unspecified atom stereocenters. The summed E-state index contributed by atoms with van der Waals surface area (Å²) in [6.07, 6.45) is -10.00. The largest absolute Gasteiger partial charge is 0.444 e. The Morgan fingerprint density at radius 2 is 1.95 bits per heavy atom. The number of fused-ring (bicyclic) bond motifs is 1. The number of hydrogen-bond acceptors (Lipinski definition) is 6. The summed E-state index contributed by atoms with van der Waals surface area (Å²) in [5.74, 6) is -1.19. The van der Waals surface area contributed by atoms with Crippen LogP contribution >= 0.6 is 0 Å². The molecule has 5 atom stereocenters. The lowest BCUT2D eigenvalue weighted by Crippen LogP contribution is -2.60.